The predicted molar refractivity (Wildman–Crippen MR) is 80.6 cm³/mol. The maximum atomic E-state index is 11.8. The van der Waals surface area contributed by atoms with Crippen molar-refractivity contribution in [3.8, 4) is 0 Å². The summed E-state index contributed by atoms with van der Waals surface area (Å²) in [5.74, 6) is 0.0174. The molecular formula is C17H19NO2. The van der Waals surface area contributed by atoms with Crippen LogP contribution in [0.5, 0.6) is 0 Å². The number of anilines is 1. The molecule has 104 valence electrons. The lowest BCUT2D eigenvalue weighted by atomic mass is 10.1. The average molecular weight is 269 g/mol. The molecule has 1 amide bonds. The van der Waals surface area contributed by atoms with Gasteiger partial charge in [-0.3, -0.25) is 4.79 Å². The number of aliphatic hydroxyl groups is 1. The van der Waals surface area contributed by atoms with Crippen molar-refractivity contribution in [2.75, 3.05) is 11.9 Å². The maximum absolute atomic E-state index is 11.8. The van der Waals surface area contributed by atoms with E-state index in [9.17, 15) is 4.79 Å². The number of hydrogen-bond acceptors (Lipinski definition) is 2. The minimum atomic E-state index is 0.0174. The Labute approximate surface area is 119 Å². The van der Waals surface area contributed by atoms with E-state index in [1.807, 2.05) is 54.6 Å². The molecule has 0 aliphatic rings. The molecule has 0 aliphatic carbocycles. The van der Waals surface area contributed by atoms with Crippen molar-refractivity contribution in [3.05, 3.63) is 65.7 Å². The first-order chi connectivity index (χ1) is 9.78. The lowest BCUT2D eigenvalue weighted by Crippen LogP contribution is -2.12. The number of amides is 1. The number of aryl methyl sites for hydroxylation is 1. The maximum Gasteiger partial charge on any atom is 0.224 e. The molecule has 0 saturated heterocycles. The molecule has 3 nitrogen and oxygen atoms in total. The Morgan fingerprint density at radius 1 is 0.900 bits per heavy atom. The zero-order chi connectivity index (χ0) is 14.2. The van der Waals surface area contributed by atoms with Crippen molar-refractivity contribution in [1.82, 2.24) is 0 Å². The number of rotatable bonds is 6. The quantitative estimate of drug-likeness (QED) is 0.847. The highest BCUT2D eigenvalue weighted by Crippen LogP contribution is 2.11. The van der Waals surface area contributed by atoms with E-state index in [2.05, 4.69) is 5.32 Å². The van der Waals surface area contributed by atoms with Crippen molar-refractivity contribution >= 4 is 11.6 Å². The molecule has 2 rings (SSSR count). The molecule has 0 atom stereocenters. The van der Waals surface area contributed by atoms with Crippen LogP contribution in [0.25, 0.3) is 0 Å². The lowest BCUT2D eigenvalue weighted by molar-refractivity contribution is -0.116. The fourth-order valence-corrected chi connectivity index (χ4v) is 2.01. The number of carbonyl (C=O) groups excluding carboxylic acids is 1. The second-order valence-electron chi connectivity index (χ2n) is 4.70. The van der Waals surface area contributed by atoms with Crippen LogP contribution >= 0.6 is 0 Å². The third kappa shape index (κ3) is 4.52. The fraction of sp³-hybridized carbons (Fsp3) is 0.235. The van der Waals surface area contributed by atoms with Crippen LogP contribution in [0.4, 0.5) is 5.69 Å². The Balaban J connectivity index is 1.82. The molecule has 0 fully saturated rings. The van der Waals surface area contributed by atoms with Gasteiger partial charge in [-0.25, -0.2) is 0 Å². The third-order valence-electron chi connectivity index (χ3n) is 3.12. The zero-order valence-electron chi connectivity index (χ0n) is 11.4. The van der Waals surface area contributed by atoms with E-state index in [-0.39, 0.29) is 12.5 Å². The number of aliphatic hydroxyl groups excluding tert-OH is 1. The van der Waals surface area contributed by atoms with Crippen LogP contribution in [0, 0.1) is 0 Å². The molecule has 0 bridgehead atoms. The van der Waals surface area contributed by atoms with E-state index in [0.29, 0.717) is 12.8 Å². The van der Waals surface area contributed by atoms with Crippen molar-refractivity contribution in [2.45, 2.75) is 19.3 Å². The monoisotopic (exact) mass is 269 g/mol. The second-order valence-corrected chi connectivity index (χ2v) is 4.70. The van der Waals surface area contributed by atoms with E-state index in [1.54, 1.807) is 0 Å². The minimum absolute atomic E-state index is 0.0174. The highest BCUT2D eigenvalue weighted by molar-refractivity contribution is 5.90. The van der Waals surface area contributed by atoms with Gasteiger partial charge in [-0.05, 0) is 36.1 Å². The largest absolute Gasteiger partial charge is 0.396 e. The molecule has 3 heteroatoms. The minimum Gasteiger partial charge on any atom is -0.396 e. The molecule has 0 unspecified atom stereocenters. The van der Waals surface area contributed by atoms with Gasteiger partial charge in [0.2, 0.25) is 5.91 Å². The molecule has 0 radical (unpaired) electrons. The first-order valence-electron chi connectivity index (χ1n) is 6.81. The smallest absolute Gasteiger partial charge is 0.224 e. The van der Waals surface area contributed by atoms with Crippen molar-refractivity contribution in [2.24, 2.45) is 0 Å². The lowest BCUT2D eigenvalue weighted by Gasteiger charge is -2.06. The number of benzene rings is 2. The summed E-state index contributed by atoms with van der Waals surface area (Å²) in [6, 6.07) is 17.6. The SMILES string of the molecule is O=C(CCc1ccccc1)Nc1ccc(CCO)cc1. The molecular weight excluding hydrogens is 250 g/mol. The molecule has 0 spiro atoms. The molecule has 0 saturated carbocycles. The standard InChI is InChI=1S/C17H19NO2/c19-13-12-15-6-9-16(10-7-15)18-17(20)11-8-14-4-2-1-3-5-14/h1-7,9-10,19H,8,11-13H2,(H,18,20). The van der Waals surface area contributed by atoms with Crippen LogP contribution in [0.15, 0.2) is 54.6 Å². The first kappa shape index (κ1) is 14.3. The first-order valence-corrected chi connectivity index (χ1v) is 6.81. The topological polar surface area (TPSA) is 49.3 Å². The Hall–Kier alpha value is -2.13. The molecule has 0 aliphatic heterocycles. The summed E-state index contributed by atoms with van der Waals surface area (Å²) in [6.45, 7) is 0.142. The molecule has 20 heavy (non-hydrogen) atoms. The van der Waals surface area contributed by atoms with E-state index in [4.69, 9.17) is 5.11 Å². The van der Waals surface area contributed by atoms with Gasteiger partial charge in [0.1, 0.15) is 0 Å². The Bertz CT molecular complexity index is 535. The Morgan fingerprint density at radius 2 is 1.55 bits per heavy atom. The van der Waals surface area contributed by atoms with Crippen molar-refractivity contribution < 1.29 is 9.90 Å². The van der Waals surface area contributed by atoms with Gasteiger partial charge in [0, 0.05) is 18.7 Å². The summed E-state index contributed by atoms with van der Waals surface area (Å²) >= 11 is 0. The summed E-state index contributed by atoms with van der Waals surface area (Å²) in [6.07, 6.45) is 1.86. The Morgan fingerprint density at radius 3 is 2.20 bits per heavy atom. The van der Waals surface area contributed by atoms with Crippen LogP contribution in [-0.2, 0) is 17.6 Å². The normalized spacial score (nSPS) is 10.2. The molecule has 2 aromatic rings. The molecule has 2 N–H and O–H groups in total. The van der Waals surface area contributed by atoms with E-state index < -0.39 is 0 Å². The van der Waals surface area contributed by atoms with Crippen molar-refractivity contribution in [3.63, 3.8) is 0 Å². The summed E-state index contributed by atoms with van der Waals surface area (Å²) in [4.78, 5) is 11.8. The predicted octanol–water partition coefficient (Wildman–Crippen LogP) is 2.79. The summed E-state index contributed by atoms with van der Waals surface area (Å²) in [7, 11) is 0. The van der Waals surface area contributed by atoms with E-state index in [1.165, 1.54) is 5.56 Å². The van der Waals surface area contributed by atoms with Gasteiger partial charge in [-0.2, -0.15) is 0 Å². The van der Waals surface area contributed by atoms with Gasteiger partial charge in [-0.15, -0.1) is 0 Å². The van der Waals surface area contributed by atoms with Crippen LogP contribution < -0.4 is 5.32 Å². The van der Waals surface area contributed by atoms with E-state index >= 15 is 0 Å². The summed E-state index contributed by atoms with van der Waals surface area (Å²) in [5, 5.41) is 11.7. The van der Waals surface area contributed by atoms with Crippen LogP contribution in [0.2, 0.25) is 0 Å². The number of hydrogen-bond donors (Lipinski definition) is 2. The fourth-order valence-electron chi connectivity index (χ4n) is 2.01. The van der Waals surface area contributed by atoms with Gasteiger partial charge in [0.15, 0.2) is 0 Å². The highest BCUT2D eigenvalue weighted by Gasteiger charge is 2.03. The summed E-state index contributed by atoms with van der Waals surface area (Å²) in [5.41, 5.74) is 3.03. The van der Waals surface area contributed by atoms with E-state index in [0.717, 1.165) is 17.7 Å². The molecule has 2 aromatic carbocycles. The van der Waals surface area contributed by atoms with Crippen molar-refractivity contribution in [1.29, 1.82) is 0 Å². The Kier molecular flexibility index (Phi) is 5.33. The van der Waals surface area contributed by atoms with Gasteiger partial charge in [0.25, 0.3) is 0 Å². The van der Waals surface area contributed by atoms with Crippen LogP contribution in [0.3, 0.4) is 0 Å². The van der Waals surface area contributed by atoms with Crippen LogP contribution in [-0.4, -0.2) is 17.6 Å². The van der Waals surface area contributed by atoms with Gasteiger partial charge < -0.3 is 10.4 Å². The van der Waals surface area contributed by atoms with Gasteiger partial charge in [-0.1, -0.05) is 42.5 Å². The average Bonchev–Trinajstić information content (AvgIpc) is 2.49. The number of carbonyl (C=O) groups is 1. The second kappa shape index (κ2) is 7.46. The summed E-state index contributed by atoms with van der Waals surface area (Å²) < 4.78 is 0. The van der Waals surface area contributed by atoms with Gasteiger partial charge >= 0.3 is 0 Å². The van der Waals surface area contributed by atoms with Gasteiger partial charge in [0.05, 0.1) is 0 Å². The third-order valence-corrected chi connectivity index (χ3v) is 3.12. The highest BCUT2D eigenvalue weighted by atomic mass is 16.2. The number of nitrogens with one attached hydrogen (secondary N) is 1. The molecule has 0 heterocycles. The van der Waals surface area contributed by atoms with Crippen LogP contribution in [0.1, 0.15) is 17.5 Å². The zero-order valence-corrected chi connectivity index (χ0v) is 11.4. The molecule has 0 aromatic heterocycles.